The second-order valence-electron chi connectivity index (χ2n) is 4.75. The normalized spacial score (nSPS) is 11.2. The average molecular weight is 263 g/mol. The van der Waals surface area contributed by atoms with Gasteiger partial charge in [-0.25, -0.2) is 14.3 Å². The number of nitrogens with one attached hydrogen (secondary N) is 1. The van der Waals surface area contributed by atoms with Crippen LogP contribution in [-0.2, 0) is 11.2 Å². The number of H-pyrrole nitrogens is 1. The molecule has 6 heteroatoms. The molecule has 0 unspecified atom stereocenters. The molecular weight excluding hydrogens is 246 g/mol. The molecule has 0 saturated carbocycles. The summed E-state index contributed by atoms with van der Waals surface area (Å²) in [5.41, 5.74) is 1.06. The number of esters is 1. The molecule has 102 valence electrons. The third-order valence-corrected chi connectivity index (χ3v) is 2.66. The molecule has 1 N–H and O–H groups in total. The summed E-state index contributed by atoms with van der Waals surface area (Å²) < 4.78 is 6.19. The fourth-order valence-corrected chi connectivity index (χ4v) is 1.91. The maximum atomic E-state index is 11.9. The van der Waals surface area contributed by atoms with E-state index in [-0.39, 0.29) is 17.7 Å². The number of ether oxygens (including phenoxy) is 1. The van der Waals surface area contributed by atoms with Crippen LogP contribution in [0.3, 0.4) is 0 Å². The van der Waals surface area contributed by atoms with E-state index in [1.165, 1.54) is 16.8 Å². The molecule has 2 rings (SSSR count). The van der Waals surface area contributed by atoms with Crippen LogP contribution >= 0.6 is 0 Å². The van der Waals surface area contributed by atoms with E-state index >= 15 is 0 Å². The highest BCUT2D eigenvalue weighted by Gasteiger charge is 2.16. The summed E-state index contributed by atoms with van der Waals surface area (Å²) in [6, 6.07) is 1.48. The molecule has 2 heterocycles. The van der Waals surface area contributed by atoms with Crippen LogP contribution in [0.5, 0.6) is 0 Å². The van der Waals surface area contributed by atoms with Crippen molar-refractivity contribution in [3.63, 3.8) is 0 Å². The SMILES string of the molecule is CCOC(=O)c1c[nH]n2c(=O)cc(CC(C)C)nc12. The van der Waals surface area contributed by atoms with Crippen molar-refractivity contribution in [1.29, 1.82) is 0 Å². The van der Waals surface area contributed by atoms with Gasteiger partial charge in [0.2, 0.25) is 0 Å². The third kappa shape index (κ3) is 2.67. The quantitative estimate of drug-likeness (QED) is 0.846. The Morgan fingerprint density at radius 3 is 2.89 bits per heavy atom. The predicted molar refractivity (Wildman–Crippen MR) is 70.3 cm³/mol. The first-order chi connectivity index (χ1) is 9.02. The zero-order chi connectivity index (χ0) is 14.0. The summed E-state index contributed by atoms with van der Waals surface area (Å²) in [6.07, 6.45) is 2.14. The number of fused-ring (bicyclic) bond motifs is 1. The fourth-order valence-electron chi connectivity index (χ4n) is 1.91. The van der Waals surface area contributed by atoms with Crippen LogP contribution in [0.15, 0.2) is 17.1 Å². The summed E-state index contributed by atoms with van der Waals surface area (Å²) in [4.78, 5) is 28.1. The highest BCUT2D eigenvalue weighted by Crippen LogP contribution is 2.10. The van der Waals surface area contributed by atoms with Gasteiger partial charge in [0, 0.05) is 18.0 Å². The molecule has 19 heavy (non-hydrogen) atoms. The zero-order valence-electron chi connectivity index (χ0n) is 11.3. The van der Waals surface area contributed by atoms with E-state index in [9.17, 15) is 9.59 Å². The lowest BCUT2D eigenvalue weighted by Gasteiger charge is -2.04. The Labute approximate surface area is 110 Å². The van der Waals surface area contributed by atoms with Gasteiger partial charge >= 0.3 is 5.97 Å². The smallest absolute Gasteiger partial charge is 0.343 e. The summed E-state index contributed by atoms with van der Waals surface area (Å²) in [5.74, 6) is -0.0887. The van der Waals surface area contributed by atoms with E-state index in [0.29, 0.717) is 23.7 Å². The summed E-state index contributed by atoms with van der Waals surface area (Å²) in [7, 11) is 0. The second kappa shape index (κ2) is 5.26. The first kappa shape index (κ1) is 13.3. The van der Waals surface area contributed by atoms with E-state index in [1.807, 2.05) is 13.8 Å². The van der Waals surface area contributed by atoms with E-state index in [2.05, 4.69) is 10.1 Å². The Morgan fingerprint density at radius 1 is 1.53 bits per heavy atom. The molecule has 0 aliphatic carbocycles. The van der Waals surface area contributed by atoms with Crippen molar-refractivity contribution in [3.05, 3.63) is 33.9 Å². The van der Waals surface area contributed by atoms with Gasteiger partial charge in [0.25, 0.3) is 5.56 Å². The molecule has 0 fully saturated rings. The third-order valence-electron chi connectivity index (χ3n) is 2.66. The predicted octanol–water partition coefficient (Wildman–Crippen LogP) is 1.40. The van der Waals surface area contributed by atoms with Crippen molar-refractivity contribution in [3.8, 4) is 0 Å². The number of carbonyl (C=O) groups excluding carboxylic acids is 1. The molecule has 0 saturated heterocycles. The van der Waals surface area contributed by atoms with Crippen LogP contribution in [0.2, 0.25) is 0 Å². The van der Waals surface area contributed by atoms with Gasteiger partial charge in [-0.3, -0.25) is 9.89 Å². The molecule has 0 aliphatic rings. The molecule has 0 aliphatic heterocycles. The van der Waals surface area contributed by atoms with E-state index in [4.69, 9.17) is 4.74 Å². The van der Waals surface area contributed by atoms with Crippen molar-refractivity contribution in [2.24, 2.45) is 5.92 Å². The van der Waals surface area contributed by atoms with Crippen LogP contribution in [0, 0.1) is 5.92 Å². The Hall–Kier alpha value is -2.11. The molecule has 0 amide bonds. The Kier molecular flexibility index (Phi) is 3.69. The van der Waals surface area contributed by atoms with Gasteiger partial charge in [0.05, 0.1) is 6.61 Å². The topological polar surface area (TPSA) is 76.5 Å². The highest BCUT2D eigenvalue weighted by atomic mass is 16.5. The van der Waals surface area contributed by atoms with Crippen molar-refractivity contribution in [2.45, 2.75) is 27.2 Å². The number of rotatable bonds is 4. The monoisotopic (exact) mass is 263 g/mol. The number of nitrogens with zero attached hydrogens (tertiary/aromatic N) is 2. The van der Waals surface area contributed by atoms with Gasteiger partial charge in [-0.2, -0.15) is 0 Å². The standard InChI is InChI=1S/C13H17N3O3/c1-4-19-13(18)10-7-14-16-11(17)6-9(5-8(2)3)15-12(10)16/h6-8,14H,4-5H2,1-3H3. The number of aromatic nitrogens is 3. The number of aromatic amines is 1. The molecule has 2 aromatic rings. The molecule has 0 bridgehead atoms. The first-order valence-electron chi connectivity index (χ1n) is 6.30. The number of hydrogen-bond donors (Lipinski definition) is 1. The Morgan fingerprint density at radius 2 is 2.26 bits per heavy atom. The maximum Gasteiger partial charge on any atom is 0.343 e. The van der Waals surface area contributed by atoms with Crippen LogP contribution in [0.25, 0.3) is 5.65 Å². The van der Waals surface area contributed by atoms with Crippen LogP contribution < -0.4 is 5.56 Å². The number of carbonyl (C=O) groups is 1. The van der Waals surface area contributed by atoms with Crippen molar-refractivity contribution in [1.82, 2.24) is 14.6 Å². The van der Waals surface area contributed by atoms with Gasteiger partial charge in [-0.05, 0) is 19.3 Å². The maximum absolute atomic E-state index is 11.9. The largest absolute Gasteiger partial charge is 0.462 e. The van der Waals surface area contributed by atoms with E-state index in [0.717, 1.165) is 0 Å². The lowest BCUT2D eigenvalue weighted by Crippen LogP contribution is -2.17. The summed E-state index contributed by atoms with van der Waals surface area (Å²) in [5, 5.41) is 2.72. The van der Waals surface area contributed by atoms with Crippen molar-refractivity contribution in [2.75, 3.05) is 6.61 Å². The summed E-state index contributed by atoms with van der Waals surface area (Å²) >= 11 is 0. The Bertz CT molecular complexity index is 655. The second-order valence-corrected chi connectivity index (χ2v) is 4.75. The molecule has 0 spiro atoms. The molecule has 0 atom stereocenters. The van der Waals surface area contributed by atoms with Crippen LogP contribution in [0.4, 0.5) is 0 Å². The van der Waals surface area contributed by atoms with Crippen LogP contribution in [0.1, 0.15) is 36.8 Å². The number of hydrogen-bond acceptors (Lipinski definition) is 4. The minimum absolute atomic E-state index is 0.226. The molecule has 6 nitrogen and oxygen atoms in total. The average Bonchev–Trinajstić information content (AvgIpc) is 2.72. The minimum atomic E-state index is -0.477. The van der Waals surface area contributed by atoms with Gasteiger partial charge in [-0.15, -0.1) is 0 Å². The van der Waals surface area contributed by atoms with Gasteiger partial charge in [0.15, 0.2) is 5.65 Å². The summed E-state index contributed by atoms with van der Waals surface area (Å²) in [6.45, 7) is 6.11. The Balaban J connectivity index is 2.53. The zero-order valence-corrected chi connectivity index (χ0v) is 11.3. The molecule has 2 aromatic heterocycles. The van der Waals surface area contributed by atoms with E-state index < -0.39 is 5.97 Å². The minimum Gasteiger partial charge on any atom is -0.462 e. The molecule has 0 aromatic carbocycles. The highest BCUT2D eigenvalue weighted by molar-refractivity contribution is 5.95. The van der Waals surface area contributed by atoms with E-state index in [1.54, 1.807) is 6.92 Å². The molecule has 0 radical (unpaired) electrons. The lowest BCUT2D eigenvalue weighted by atomic mass is 10.1. The van der Waals surface area contributed by atoms with Crippen LogP contribution in [-0.4, -0.2) is 27.2 Å². The van der Waals surface area contributed by atoms with Crippen molar-refractivity contribution < 1.29 is 9.53 Å². The van der Waals surface area contributed by atoms with Crippen molar-refractivity contribution >= 4 is 11.6 Å². The van der Waals surface area contributed by atoms with Gasteiger partial charge in [-0.1, -0.05) is 13.8 Å². The fraction of sp³-hybridized carbons (Fsp3) is 0.462. The first-order valence-corrected chi connectivity index (χ1v) is 6.30. The lowest BCUT2D eigenvalue weighted by molar-refractivity contribution is 0.0528. The van der Waals surface area contributed by atoms with Gasteiger partial charge < -0.3 is 4.74 Å². The molecular formula is C13H17N3O3. The van der Waals surface area contributed by atoms with Gasteiger partial charge in [0.1, 0.15) is 5.56 Å².